The van der Waals surface area contributed by atoms with Crippen LogP contribution < -0.4 is 11.1 Å². The van der Waals surface area contributed by atoms with E-state index < -0.39 is 0 Å². The number of nitrogens with zero attached hydrogens (tertiary/aromatic N) is 1. The van der Waals surface area contributed by atoms with Crippen molar-refractivity contribution in [3.8, 4) is 0 Å². The van der Waals surface area contributed by atoms with Crippen LogP contribution in [-0.4, -0.2) is 17.4 Å². The molecule has 0 aliphatic heterocycles. The van der Waals surface area contributed by atoms with E-state index in [1.807, 2.05) is 24.3 Å². The van der Waals surface area contributed by atoms with Crippen LogP contribution in [0, 0.1) is 5.41 Å². The van der Waals surface area contributed by atoms with Gasteiger partial charge in [-0.2, -0.15) is 0 Å². The number of benzene rings is 1. The number of pyridine rings is 1. The number of hydrogen-bond donors (Lipinski definition) is 2. The molecule has 4 heteroatoms. The Balaban J connectivity index is 1.78. The molecule has 21 heavy (non-hydrogen) atoms. The van der Waals surface area contributed by atoms with Gasteiger partial charge in [0.25, 0.3) is 5.91 Å². The highest BCUT2D eigenvalue weighted by atomic mass is 16.1. The number of fused-ring (bicyclic) bond motifs is 1. The highest BCUT2D eigenvalue weighted by Crippen LogP contribution is 2.36. The van der Waals surface area contributed by atoms with Crippen molar-refractivity contribution in [3.63, 3.8) is 0 Å². The molecule has 0 saturated heterocycles. The van der Waals surface area contributed by atoms with E-state index in [2.05, 4.69) is 17.2 Å². The van der Waals surface area contributed by atoms with Crippen LogP contribution in [0.15, 0.2) is 30.3 Å². The van der Waals surface area contributed by atoms with Crippen LogP contribution in [0.4, 0.5) is 5.69 Å². The van der Waals surface area contributed by atoms with E-state index >= 15 is 0 Å². The van der Waals surface area contributed by atoms with Gasteiger partial charge in [0.1, 0.15) is 5.69 Å². The summed E-state index contributed by atoms with van der Waals surface area (Å²) in [6, 6.07) is 9.27. The van der Waals surface area contributed by atoms with E-state index in [0.717, 1.165) is 10.9 Å². The second-order valence-electron chi connectivity index (χ2n) is 6.31. The average molecular weight is 283 g/mol. The van der Waals surface area contributed by atoms with Crippen LogP contribution in [-0.2, 0) is 0 Å². The molecule has 1 aromatic heterocycles. The first-order chi connectivity index (χ1) is 10.1. The lowest BCUT2D eigenvalue weighted by atomic mass is 9.89. The third-order valence-electron chi connectivity index (χ3n) is 4.47. The van der Waals surface area contributed by atoms with Crippen LogP contribution in [0.25, 0.3) is 10.9 Å². The minimum atomic E-state index is -0.138. The predicted octanol–water partition coefficient (Wildman–Crippen LogP) is 3.13. The molecule has 1 aliphatic rings. The number of hydrogen-bond acceptors (Lipinski definition) is 3. The fraction of sp³-hybridized carbons (Fsp3) is 0.412. The Morgan fingerprint density at radius 1 is 1.33 bits per heavy atom. The second kappa shape index (κ2) is 5.35. The third-order valence-corrected chi connectivity index (χ3v) is 4.47. The predicted molar refractivity (Wildman–Crippen MR) is 85.1 cm³/mol. The fourth-order valence-corrected chi connectivity index (χ4v) is 3.11. The Morgan fingerprint density at radius 3 is 2.81 bits per heavy atom. The van der Waals surface area contributed by atoms with Crippen LogP contribution in [0.5, 0.6) is 0 Å². The van der Waals surface area contributed by atoms with Crippen molar-refractivity contribution < 1.29 is 4.79 Å². The summed E-state index contributed by atoms with van der Waals surface area (Å²) in [5.74, 6) is -0.138. The van der Waals surface area contributed by atoms with Crippen molar-refractivity contribution in [1.29, 1.82) is 0 Å². The van der Waals surface area contributed by atoms with Crippen molar-refractivity contribution in [2.45, 2.75) is 32.6 Å². The molecule has 2 aromatic rings. The first kappa shape index (κ1) is 13.9. The number of aromatic nitrogens is 1. The van der Waals surface area contributed by atoms with E-state index in [4.69, 9.17) is 5.73 Å². The van der Waals surface area contributed by atoms with Gasteiger partial charge in [-0.25, -0.2) is 4.98 Å². The summed E-state index contributed by atoms with van der Waals surface area (Å²) in [6.07, 6.45) is 4.88. The Labute approximate surface area is 124 Å². The maximum Gasteiger partial charge on any atom is 0.270 e. The Kier molecular flexibility index (Phi) is 3.53. The lowest BCUT2D eigenvalue weighted by molar-refractivity contribution is 0.0929. The molecule has 4 nitrogen and oxygen atoms in total. The van der Waals surface area contributed by atoms with Gasteiger partial charge in [0.05, 0.1) is 5.52 Å². The number of rotatable bonds is 3. The van der Waals surface area contributed by atoms with Crippen LogP contribution in [0.2, 0.25) is 0 Å². The second-order valence-corrected chi connectivity index (χ2v) is 6.31. The largest absolute Gasteiger partial charge is 0.398 e. The van der Waals surface area contributed by atoms with Gasteiger partial charge in [-0.1, -0.05) is 38.0 Å². The topological polar surface area (TPSA) is 68.0 Å². The molecule has 0 bridgehead atoms. The normalized spacial score (nSPS) is 17.0. The molecule has 1 amide bonds. The molecule has 3 rings (SSSR count). The molecule has 3 N–H and O–H groups in total. The fourth-order valence-electron chi connectivity index (χ4n) is 3.11. The average Bonchev–Trinajstić information content (AvgIpc) is 2.92. The number of nitrogens with one attached hydrogen (secondary N) is 1. The highest BCUT2D eigenvalue weighted by molar-refractivity contribution is 5.99. The van der Waals surface area contributed by atoms with Crippen molar-refractivity contribution >= 4 is 22.5 Å². The summed E-state index contributed by atoms with van der Waals surface area (Å²) < 4.78 is 0. The Hall–Kier alpha value is -2.10. The van der Waals surface area contributed by atoms with Crippen LogP contribution in [0.1, 0.15) is 43.1 Å². The Morgan fingerprint density at radius 2 is 2.05 bits per heavy atom. The summed E-state index contributed by atoms with van der Waals surface area (Å²) in [4.78, 5) is 16.7. The molecule has 0 radical (unpaired) electrons. The number of amides is 1. The van der Waals surface area contributed by atoms with E-state index in [0.29, 0.717) is 17.9 Å². The van der Waals surface area contributed by atoms with Gasteiger partial charge in [-0.3, -0.25) is 4.79 Å². The molecule has 1 saturated carbocycles. The van der Waals surface area contributed by atoms with Crippen molar-refractivity contribution in [1.82, 2.24) is 10.3 Å². The van der Waals surface area contributed by atoms with E-state index in [1.165, 1.54) is 25.7 Å². The molecule has 1 aromatic carbocycles. The van der Waals surface area contributed by atoms with Gasteiger partial charge >= 0.3 is 0 Å². The van der Waals surface area contributed by atoms with Gasteiger partial charge in [-0.15, -0.1) is 0 Å². The SMILES string of the molecule is CC1(CNC(=O)c2cc(N)c3ccccc3n2)CCCC1. The van der Waals surface area contributed by atoms with Crippen molar-refractivity contribution in [2.24, 2.45) is 5.41 Å². The monoisotopic (exact) mass is 283 g/mol. The molecular formula is C17H21N3O. The summed E-state index contributed by atoms with van der Waals surface area (Å²) in [5.41, 5.74) is 8.00. The molecule has 1 heterocycles. The van der Waals surface area contributed by atoms with Crippen LogP contribution >= 0.6 is 0 Å². The third kappa shape index (κ3) is 2.84. The van der Waals surface area contributed by atoms with Crippen LogP contribution in [0.3, 0.4) is 0 Å². The number of nitrogen functional groups attached to an aromatic ring is 1. The molecule has 0 atom stereocenters. The summed E-state index contributed by atoms with van der Waals surface area (Å²) >= 11 is 0. The lowest BCUT2D eigenvalue weighted by Gasteiger charge is -2.23. The smallest absolute Gasteiger partial charge is 0.270 e. The standard InChI is InChI=1S/C17H21N3O/c1-17(8-4-5-9-17)11-19-16(21)15-10-13(18)12-6-2-3-7-14(12)20-15/h2-3,6-7,10H,4-5,8-9,11H2,1H3,(H2,18,20)(H,19,21). The molecule has 0 unspecified atom stereocenters. The van der Waals surface area contributed by atoms with Gasteiger partial charge in [-0.05, 0) is 30.4 Å². The first-order valence-electron chi connectivity index (χ1n) is 7.51. The van der Waals surface area contributed by atoms with Crippen molar-refractivity contribution in [2.75, 3.05) is 12.3 Å². The van der Waals surface area contributed by atoms with E-state index in [1.54, 1.807) is 6.07 Å². The maximum atomic E-state index is 12.3. The molecule has 1 aliphatic carbocycles. The van der Waals surface area contributed by atoms with Gasteiger partial charge < -0.3 is 11.1 Å². The Bertz CT molecular complexity index is 675. The van der Waals surface area contributed by atoms with Gasteiger partial charge in [0.15, 0.2) is 0 Å². The number of anilines is 1. The quantitative estimate of drug-likeness (QED) is 0.909. The first-order valence-corrected chi connectivity index (χ1v) is 7.51. The minimum absolute atomic E-state index is 0.138. The summed E-state index contributed by atoms with van der Waals surface area (Å²) in [5, 5.41) is 3.90. The number of carbonyl (C=O) groups is 1. The number of carbonyl (C=O) groups excluding carboxylic acids is 1. The number of para-hydroxylation sites is 1. The maximum absolute atomic E-state index is 12.3. The molecule has 1 fully saturated rings. The zero-order valence-corrected chi connectivity index (χ0v) is 12.4. The minimum Gasteiger partial charge on any atom is -0.398 e. The summed E-state index contributed by atoms with van der Waals surface area (Å²) in [7, 11) is 0. The molecule has 110 valence electrons. The van der Waals surface area contributed by atoms with Crippen molar-refractivity contribution in [3.05, 3.63) is 36.0 Å². The molecule has 0 spiro atoms. The van der Waals surface area contributed by atoms with E-state index in [9.17, 15) is 4.79 Å². The zero-order valence-electron chi connectivity index (χ0n) is 12.4. The van der Waals surface area contributed by atoms with Gasteiger partial charge in [0, 0.05) is 17.6 Å². The number of nitrogens with two attached hydrogens (primary N) is 1. The molecular weight excluding hydrogens is 262 g/mol. The zero-order chi connectivity index (χ0) is 14.9. The lowest BCUT2D eigenvalue weighted by Crippen LogP contribution is -2.34. The summed E-state index contributed by atoms with van der Waals surface area (Å²) in [6.45, 7) is 2.95. The van der Waals surface area contributed by atoms with Gasteiger partial charge in [0.2, 0.25) is 0 Å². The highest BCUT2D eigenvalue weighted by Gasteiger charge is 2.29. The van der Waals surface area contributed by atoms with E-state index in [-0.39, 0.29) is 11.3 Å².